The summed E-state index contributed by atoms with van der Waals surface area (Å²) in [6, 6.07) is 10.0. The van der Waals surface area contributed by atoms with Crippen molar-refractivity contribution in [3.05, 3.63) is 80.6 Å². The Morgan fingerprint density at radius 3 is 2.58 bits per heavy atom. The Bertz CT molecular complexity index is 1240. The molecule has 0 saturated carbocycles. The molecule has 7 nitrogen and oxygen atoms in total. The summed E-state index contributed by atoms with van der Waals surface area (Å²) in [7, 11) is 0. The fourth-order valence-electron chi connectivity index (χ4n) is 2.63. The number of urea groups is 1. The number of aliphatic imine (C=N–C) groups is 1. The van der Waals surface area contributed by atoms with Gasteiger partial charge in [0, 0.05) is 11.9 Å². The number of nitrogens with zero attached hydrogens (tertiary/aromatic N) is 4. The summed E-state index contributed by atoms with van der Waals surface area (Å²) in [4.78, 5) is 35.6. The molecular formula is C18H12FN5O2. The molecule has 26 heavy (non-hydrogen) atoms. The number of nitrogens with one attached hydrogen (secondary N) is 1. The van der Waals surface area contributed by atoms with E-state index in [4.69, 9.17) is 0 Å². The first-order valence-corrected chi connectivity index (χ1v) is 7.74. The molecular weight excluding hydrogens is 337 g/mol. The number of rotatable bonds is 3. The molecule has 0 fully saturated rings. The third-order valence-corrected chi connectivity index (χ3v) is 3.94. The number of hydrogen-bond acceptors (Lipinski definition) is 3. The number of fused-ring (bicyclic) bond motifs is 1. The molecule has 0 bridgehead atoms. The zero-order valence-corrected chi connectivity index (χ0v) is 13.6. The Hall–Kier alpha value is -3.68. The van der Waals surface area contributed by atoms with Gasteiger partial charge < -0.3 is 0 Å². The molecule has 128 valence electrons. The molecule has 2 heterocycles. The van der Waals surface area contributed by atoms with Crippen molar-refractivity contribution in [1.29, 1.82) is 0 Å². The lowest BCUT2D eigenvalue weighted by atomic mass is 10.2. The predicted octanol–water partition coefficient (Wildman–Crippen LogP) is 1.74. The first kappa shape index (κ1) is 15.8. The van der Waals surface area contributed by atoms with Crippen molar-refractivity contribution >= 4 is 17.9 Å². The van der Waals surface area contributed by atoms with E-state index in [1.54, 1.807) is 25.1 Å². The summed E-state index contributed by atoms with van der Waals surface area (Å²) in [5, 5.41) is 3.91. The Balaban J connectivity index is 1.71. The number of benzene rings is 2. The molecule has 0 saturated heterocycles. The maximum Gasteiger partial charge on any atom is 0.368 e. The molecule has 3 aromatic rings. The number of aryl methyl sites for hydroxylation is 1. The maximum atomic E-state index is 13.1. The quantitative estimate of drug-likeness (QED) is 0.730. The van der Waals surface area contributed by atoms with E-state index in [9.17, 15) is 14.0 Å². The lowest BCUT2D eigenvalue weighted by molar-refractivity contribution is 0.256. The number of amides is 2. The van der Waals surface area contributed by atoms with E-state index < -0.39 is 6.03 Å². The SMILES string of the molecule is Cc1[nH]n(-c2ccc(F)cc2)c(=O)c1C=Nc1ccc2c(c1)=NC(=O)N=2. The number of hydrogen-bond donors (Lipinski definition) is 1. The van der Waals surface area contributed by atoms with E-state index in [2.05, 4.69) is 20.1 Å². The smallest absolute Gasteiger partial charge is 0.295 e. The van der Waals surface area contributed by atoms with Crippen LogP contribution in [-0.4, -0.2) is 22.0 Å². The highest BCUT2D eigenvalue weighted by atomic mass is 19.1. The van der Waals surface area contributed by atoms with Gasteiger partial charge in [-0.3, -0.25) is 14.9 Å². The van der Waals surface area contributed by atoms with E-state index in [0.717, 1.165) is 0 Å². The van der Waals surface area contributed by atoms with Crippen molar-refractivity contribution in [2.24, 2.45) is 15.0 Å². The van der Waals surface area contributed by atoms with Gasteiger partial charge in [0.25, 0.3) is 5.56 Å². The highest BCUT2D eigenvalue weighted by molar-refractivity contribution is 5.83. The zero-order chi connectivity index (χ0) is 18.3. The average molecular weight is 349 g/mol. The lowest BCUT2D eigenvalue weighted by Crippen LogP contribution is -2.20. The summed E-state index contributed by atoms with van der Waals surface area (Å²) in [5.41, 5.74) is 1.78. The summed E-state index contributed by atoms with van der Waals surface area (Å²) in [6.07, 6.45) is 1.45. The van der Waals surface area contributed by atoms with Crippen molar-refractivity contribution in [3.63, 3.8) is 0 Å². The Kier molecular flexibility index (Phi) is 3.65. The number of H-pyrrole nitrogens is 1. The van der Waals surface area contributed by atoms with Gasteiger partial charge in [-0.2, -0.15) is 9.98 Å². The molecule has 1 aliphatic heterocycles. The van der Waals surface area contributed by atoms with Gasteiger partial charge in [0.15, 0.2) is 0 Å². The van der Waals surface area contributed by atoms with E-state index in [-0.39, 0.29) is 11.4 Å². The first-order chi connectivity index (χ1) is 12.5. The van der Waals surface area contributed by atoms with Gasteiger partial charge in [-0.15, -0.1) is 0 Å². The highest BCUT2D eigenvalue weighted by Gasteiger charge is 2.11. The van der Waals surface area contributed by atoms with E-state index in [0.29, 0.717) is 33.3 Å². The number of halogens is 1. The maximum absolute atomic E-state index is 13.1. The third kappa shape index (κ3) is 2.77. The van der Waals surface area contributed by atoms with Crippen molar-refractivity contribution in [1.82, 2.24) is 9.78 Å². The molecule has 1 N–H and O–H groups in total. The van der Waals surface area contributed by atoms with Crippen LogP contribution < -0.4 is 16.3 Å². The second kappa shape index (κ2) is 5.99. The Labute approximate surface area is 145 Å². The van der Waals surface area contributed by atoms with Crippen LogP contribution in [0.15, 0.2) is 62.2 Å². The van der Waals surface area contributed by atoms with Gasteiger partial charge >= 0.3 is 6.03 Å². The van der Waals surface area contributed by atoms with Crippen molar-refractivity contribution in [2.45, 2.75) is 6.92 Å². The molecule has 1 aliphatic rings. The predicted molar refractivity (Wildman–Crippen MR) is 92.5 cm³/mol. The number of carbonyl (C=O) groups is 1. The summed E-state index contributed by atoms with van der Waals surface area (Å²) in [6.45, 7) is 1.75. The number of aromatic amines is 1. The Morgan fingerprint density at radius 1 is 1.08 bits per heavy atom. The van der Waals surface area contributed by atoms with Crippen LogP contribution in [0.5, 0.6) is 0 Å². The minimum atomic E-state index is -0.537. The van der Waals surface area contributed by atoms with E-state index in [1.165, 1.54) is 35.2 Å². The normalized spacial score (nSPS) is 12.9. The molecule has 0 unspecified atom stereocenters. The highest BCUT2D eigenvalue weighted by Crippen LogP contribution is 2.10. The molecule has 0 spiro atoms. The van der Waals surface area contributed by atoms with Gasteiger partial charge in [0.1, 0.15) is 5.82 Å². The topological polar surface area (TPSA) is 91.9 Å². The standard InChI is InChI=1S/C18H12FN5O2/c1-10-14(17(25)24(23-10)13-5-2-11(19)3-6-13)9-20-12-4-7-15-16(8-12)22-18(26)21-15/h2-9,23H,1H3. The van der Waals surface area contributed by atoms with Crippen molar-refractivity contribution in [2.75, 3.05) is 0 Å². The third-order valence-electron chi connectivity index (χ3n) is 3.94. The van der Waals surface area contributed by atoms with Crippen LogP contribution in [0.2, 0.25) is 0 Å². The van der Waals surface area contributed by atoms with Crippen molar-refractivity contribution in [3.8, 4) is 5.69 Å². The zero-order valence-electron chi connectivity index (χ0n) is 13.6. The van der Waals surface area contributed by atoms with Gasteiger partial charge in [-0.1, -0.05) is 0 Å². The number of carbonyl (C=O) groups excluding carboxylic acids is 1. The molecule has 0 atom stereocenters. The molecule has 4 rings (SSSR count). The van der Waals surface area contributed by atoms with Crippen molar-refractivity contribution < 1.29 is 9.18 Å². The molecule has 0 radical (unpaired) electrons. The van der Waals surface area contributed by atoms with Gasteiger partial charge in [-0.25, -0.2) is 13.9 Å². The van der Waals surface area contributed by atoms with Crippen LogP contribution in [0.4, 0.5) is 14.9 Å². The first-order valence-electron chi connectivity index (χ1n) is 7.74. The van der Waals surface area contributed by atoms with Crippen LogP contribution in [0.25, 0.3) is 5.69 Å². The summed E-state index contributed by atoms with van der Waals surface area (Å²) in [5.74, 6) is -0.376. The second-order valence-electron chi connectivity index (χ2n) is 5.70. The van der Waals surface area contributed by atoms with Gasteiger partial charge in [0.2, 0.25) is 0 Å². The summed E-state index contributed by atoms with van der Waals surface area (Å²) < 4.78 is 14.4. The molecule has 2 amide bonds. The molecule has 1 aromatic heterocycles. The van der Waals surface area contributed by atoms with Crippen LogP contribution in [-0.2, 0) is 0 Å². The molecule has 2 aromatic carbocycles. The van der Waals surface area contributed by atoms with E-state index >= 15 is 0 Å². The monoisotopic (exact) mass is 349 g/mol. The lowest BCUT2D eigenvalue weighted by Gasteiger charge is -2.00. The Morgan fingerprint density at radius 2 is 1.81 bits per heavy atom. The second-order valence-corrected chi connectivity index (χ2v) is 5.70. The van der Waals surface area contributed by atoms with Crippen LogP contribution >= 0.6 is 0 Å². The fraction of sp³-hybridized carbons (Fsp3) is 0.0556. The summed E-state index contributed by atoms with van der Waals surface area (Å²) >= 11 is 0. The van der Waals surface area contributed by atoms with Gasteiger partial charge in [0.05, 0.1) is 27.7 Å². The fourth-order valence-corrected chi connectivity index (χ4v) is 2.63. The van der Waals surface area contributed by atoms with Gasteiger partial charge in [-0.05, 0) is 49.4 Å². The molecule has 8 heteroatoms. The average Bonchev–Trinajstić information content (AvgIpc) is 3.12. The van der Waals surface area contributed by atoms with Crippen LogP contribution in [0.3, 0.4) is 0 Å². The minimum absolute atomic E-state index is 0.297. The molecule has 0 aliphatic carbocycles. The minimum Gasteiger partial charge on any atom is -0.295 e. The number of aromatic nitrogens is 2. The van der Waals surface area contributed by atoms with Crippen LogP contribution in [0, 0.1) is 12.7 Å². The van der Waals surface area contributed by atoms with E-state index in [1.807, 2.05) is 0 Å². The van der Waals surface area contributed by atoms with Crippen LogP contribution in [0.1, 0.15) is 11.3 Å². The largest absolute Gasteiger partial charge is 0.368 e.